The molecule has 0 unspecified atom stereocenters. The Bertz CT molecular complexity index is 94.5. The molecule has 2 nitrogen and oxygen atoms in total. The van der Waals surface area contributed by atoms with Crippen molar-refractivity contribution in [2.24, 2.45) is 11.7 Å². The summed E-state index contributed by atoms with van der Waals surface area (Å²) in [6.45, 7) is 4.27. The third-order valence-corrected chi connectivity index (χ3v) is 2.84. The zero-order valence-electron chi connectivity index (χ0n) is 10.0. The summed E-state index contributed by atoms with van der Waals surface area (Å²) in [6.07, 6.45) is 9.64. The number of unbranched alkanes of at least 4 members (excludes halogenated alkanes) is 1. The van der Waals surface area contributed by atoms with Crippen LogP contribution in [-0.2, 0) is 0 Å². The van der Waals surface area contributed by atoms with E-state index in [1.54, 1.807) is 0 Å². The van der Waals surface area contributed by atoms with Crippen LogP contribution < -0.4 is 11.1 Å². The van der Waals surface area contributed by atoms with Crippen LogP contribution in [0.1, 0.15) is 51.9 Å². The number of hydrogen-bond acceptors (Lipinski definition) is 2. The standard InChI is InChI=1S/C7H15N.C5H13N/c8-6-7-4-2-1-3-5-7;1-3-4-5-6-2/h7H,1-6,8H2;6H,3-5H2,1-2H3. The molecule has 1 aliphatic rings. The van der Waals surface area contributed by atoms with Crippen molar-refractivity contribution in [2.75, 3.05) is 20.1 Å². The second-order valence-corrected chi connectivity index (χ2v) is 4.20. The molecule has 1 aliphatic carbocycles. The molecule has 14 heavy (non-hydrogen) atoms. The van der Waals surface area contributed by atoms with E-state index in [1.807, 2.05) is 7.05 Å². The number of rotatable bonds is 4. The molecule has 0 aromatic heterocycles. The van der Waals surface area contributed by atoms with E-state index in [0.29, 0.717) is 0 Å². The molecule has 3 N–H and O–H groups in total. The molecule has 0 bridgehead atoms. The highest BCUT2D eigenvalue weighted by Gasteiger charge is 2.09. The van der Waals surface area contributed by atoms with Gasteiger partial charge in [-0.25, -0.2) is 0 Å². The normalized spacial score (nSPS) is 17.4. The van der Waals surface area contributed by atoms with Crippen LogP contribution >= 0.6 is 0 Å². The van der Waals surface area contributed by atoms with Gasteiger partial charge in [0.15, 0.2) is 0 Å². The molecule has 0 heterocycles. The van der Waals surface area contributed by atoms with Gasteiger partial charge in [0, 0.05) is 0 Å². The summed E-state index contributed by atoms with van der Waals surface area (Å²) in [5.74, 6) is 0.865. The van der Waals surface area contributed by atoms with Gasteiger partial charge in [0.1, 0.15) is 0 Å². The van der Waals surface area contributed by atoms with Gasteiger partial charge in [-0.05, 0) is 45.3 Å². The zero-order chi connectivity index (χ0) is 10.6. The molecule has 0 saturated heterocycles. The van der Waals surface area contributed by atoms with Crippen molar-refractivity contribution in [1.82, 2.24) is 5.32 Å². The highest BCUT2D eigenvalue weighted by atomic mass is 14.8. The van der Waals surface area contributed by atoms with E-state index >= 15 is 0 Å². The predicted molar refractivity (Wildman–Crippen MR) is 64.5 cm³/mol. The van der Waals surface area contributed by atoms with Gasteiger partial charge in [-0.1, -0.05) is 32.6 Å². The minimum absolute atomic E-state index is 0.865. The van der Waals surface area contributed by atoms with Gasteiger partial charge in [0.25, 0.3) is 0 Å². The molecular weight excluding hydrogens is 172 g/mol. The van der Waals surface area contributed by atoms with Crippen LogP contribution in [-0.4, -0.2) is 20.1 Å². The number of nitrogens with two attached hydrogens (primary N) is 1. The molecule has 1 rings (SSSR count). The molecule has 0 atom stereocenters. The van der Waals surface area contributed by atoms with Crippen molar-refractivity contribution < 1.29 is 0 Å². The Morgan fingerprint density at radius 3 is 2.14 bits per heavy atom. The van der Waals surface area contributed by atoms with Crippen molar-refractivity contribution in [3.63, 3.8) is 0 Å². The molecule has 1 fully saturated rings. The molecule has 86 valence electrons. The van der Waals surface area contributed by atoms with Crippen molar-refractivity contribution in [3.05, 3.63) is 0 Å². The van der Waals surface area contributed by atoms with Gasteiger partial charge in [-0.15, -0.1) is 0 Å². The fourth-order valence-corrected chi connectivity index (χ4v) is 1.78. The van der Waals surface area contributed by atoms with Gasteiger partial charge in [0.05, 0.1) is 0 Å². The molecule has 0 radical (unpaired) electrons. The zero-order valence-corrected chi connectivity index (χ0v) is 10.0. The SMILES string of the molecule is CCCCNC.NCC1CCCCC1. The van der Waals surface area contributed by atoms with Crippen molar-refractivity contribution >= 4 is 0 Å². The van der Waals surface area contributed by atoms with Gasteiger partial charge in [-0.3, -0.25) is 0 Å². The van der Waals surface area contributed by atoms with E-state index in [2.05, 4.69) is 12.2 Å². The van der Waals surface area contributed by atoms with E-state index in [0.717, 1.165) is 19.0 Å². The maximum atomic E-state index is 5.50. The lowest BCUT2D eigenvalue weighted by atomic mass is 9.90. The highest BCUT2D eigenvalue weighted by Crippen LogP contribution is 2.21. The van der Waals surface area contributed by atoms with E-state index in [9.17, 15) is 0 Å². The van der Waals surface area contributed by atoms with Gasteiger partial charge >= 0.3 is 0 Å². The monoisotopic (exact) mass is 200 g/mol. The lowest BCUT2D eigenvalue weighted by Gasteiger charge is -2.18. The Labute approximate surface area is 89.6 Å². The summed E-state index contributed by atoms with van der Waals surface area (Å²) >= 11 is 0. The smallest absolute Gasteiger partial charge is 0.00489 e. The fourth-order valence-electron chi connectivity index (χ4n) is 1.78. The maximum absolute atomic E-state index is 5.50. The van der Waals surface area contributed by atoms with Crippen molar-refractivity contribution in [2.45, 2.75) is 51.9 Å². The van der Waals surface area contributed by atoms with Crippen LogP contribution in [0, 0.1) is 5.92 Å². The number of hydrogen-bond donors (Lipinski definition) is 2. The van der Waals surface area contributed by atoms with Crippen molar-refractivity contribution in [3.8, 4) is 0 Å². The predicted octanol–water partition coefficient (Wildman–Crippen LogP) is 2.53. The van der Waals surface area contributed by atoms with E-state index in [1.165, 1.54) is 44.9 Å². The van der Waals surface area contributed by atoms with E-state index < -0.39 is 0 Å². The topological polar surface area (TPSA) is 38.0 Å². The second-order valence-electron chi connectivity index (χ2n) is 4.20. The second kappa shape index (κ2) is 11.0. The van der Waals surface area contributed by atoms with Crippen LogP contribution in [0.2, 0.25) is 0 Å². The van der Waals surface area contributed by atoms with Gasteiger partial charge < -0.3 is 11.1 Å². The largest absolute Gasteiger partial charge is 0.330 e. The Kier molecular flexibility index (Phi) is 10.9. The average Bonchev–Trinajstić information content (AvgIpc) is 2.28. The molecular formula is C12H28N2. The minimum Gasteiger partial charge on any atom is -0.330 e. The molecule has 0 amide bonds. The third-order valence-electron chi connectivity index (χ3n) is 2.84. The fraction of sp³-hybridized carbons (Fsp3) is 1.00. The first kappa shape index (κ1) is 13.9. The first-order valence-electron chi connectivity index (χ1n) is 6.19. The summed E-state index contributed by atoms with van der Waals surface area (Å²) in [4.78, 5) is 0. The number of nitrogens with one attached hydrogen (secondary N) is 1. The van der Waals surface area contributed by atoms with Crippen LogP contribution in [0.15, 0.2) is 0 Å². The van der Waals surface area contributed by atoms with E-state index in [4.69, 9.17) is 5.73 Å². The van der Waals surface area contributed by atoms with E-state index in [-0.39, 0.29) is 0 Å². The maximum Gasteiger partial charge on any atom is -0.00489 e. The quantitative estimate of drug-likeness (QED) is 0.684. The molecule has 0 spiro atoms. The Balaban J connectivity index is 0.000000255. The average molecular weight is 200 g/mol. The van der Waals surface area contributed by atoms with Crippen LogP contribution in [0.3, 0.4) is 0 Å². The third kappa shape index (κ3) is 8.52. The molecule has 0 aliphatic heterocycles. The summed E-state index contributed by atoms with van der Waals surface area (Å²) in [5, 5.41) is 3.07. The summed E-state index contributed by atoms with van der Waals surface area (Å²) < 4.78 is 0. The summed E-state index contributed by atoms with van der Waals surface area (Å²) in [7, 11) is 1.98. The summed E-state index contributed by atoms with van der Waals surface area (Å²) in [5.41, 5.74) is 5.50. The first-order valence-corrected chi connectivity index (χ1v) is 6.19. The molecule has 2 heteroatoms. The first-order chi connectivity index (χ1) is 6.85. The Morgan fingerprint density at radius 1 is 1.21 bits per heavy atom. The lowest BCUT2D eigenvalue weighted by Crippen LogP contribution is -2.16. The molecule has 1 saturated carbocycles. The highest BCUT2D eigenvalue weighted by molar-refractivity contribution is 4.65. The molecule has 0 aromatic carbocycles. The van der Waals surface area contributed by atoms with Crippen molar-refractivity contribution in [1.29, 1.82) is 0 Å². The van der Waals surface area contributed by atoms with Crippen LogP contribution in [0.5, 0.6) is 0 Å². The van der Waals surface area contributed by atoms with Crippen LogP contribution in [0.4, 0.5) is 0 Å². The lowest BCUT2D eigenvalue weighted by molar-refractivity contribution is 0.366. The van der Waals surface area contributed by atoms with Crippen LogP contribution in [0.25, 0.3) is 0 Å². The minimum atomic E-state index is 0.865. The summed E-state index contributed by atoms with van der Waals surface area (Å²) in [6, 6.07) is 0. The van der Waals surface area contributed by atoms with Gasteiger partial charge in [-0.2, -0.15) is 0 Å². The Hall–Kier alpha value is -0.0800. The molecule has 0 aromatic rings. The Morgan fingerprint density at radius 2 is 1.86 bits per heavy atom. The van der Waals surface area contributed by atoms with Gasteiger partial charge in [0.2, 0.25) is 0 Å².